The van der Waals surface area contributed by atoms with Crippen LogP contribution < -0.4 is 0 Å². The third-order valence-electron chi connectivity index (χ3n) is 4.34. The lowest BCUT2D eigenvalue weighted by Gasteiger charge is -2.24. The number of benzene rings is 1. The van der Waals surface area contributed by atoms with Crippen LogP contribution >= 0.6 is 0 Å². The van der Waals surface area contributed by atoms with Crippen molar-refractivity contribution >= 4 is 0 Å². The standard InChI is InChI=1S/C18H32N2/c1-7-19(8-2)13-17-11-15(5)12-18(16(17)6)14-20(9-3)10-4/h11-12H,7-10,13-14H2,1-6H3. The summed E-state index contributed by atoms with van der Waals surface area (Å²) in [5, 5.41) is 0. The summed E-state index contributed by atoms with van der Waals surface area (Å²) >= 11 is 0. The minimum absolute atomic E-state index is 1.08. The van der Waals surface area contributed by atoms with Crippen LogP contribution in [0, 0.1) is 13.8 Å². The van der Waals surface area contributed by atoms with Gasteiger partial charge in [0.05, 0.1) is 0 Å². The summed E-state index contributed by atoms with van der Waals surface area (Å²) < 4.78 is 0. The zero-order chi connectivity index (χ0) is 15.1. The number of hydrogen-bond donors (Lipinski definition) is 0. The van der Waals surface area contributed by atoms with E-state index >= 15 is 0 Å². The van der Waals surface area contributed by atoms with Gasteiger partial charge in [-0.05, 0) is 56.7 Å². The molecule has 0 heterocycles. The lowest BCUT2D eigenvalue weighted by Crippen LogP contribution is -2.25. The van der Waals surface area contributed by atoms with Crippen LogP contribution in [0.2, 0.25) is 0 Å². The number of nitrogens with zero attached hydrogens (tertiary/aromatic N) is 2. The molecule has 1 aromatic carbocycles. The van der Waals surface area contributed by atoms with E-state index < -0.39 is 0 Å². The van der Waals surface area contributed by atoms with Crippen LogP contribution in [0.5, 0.6) is 0 Å². The topological polar surface area (TPSA) is 6.48 Å². The fourth-order valence-electron chi connectivity index (χ4n) is 2.72. The fourth-order valence-corrected chi connectivity index (χ4v) is 2.72. The maximum Gasteiger partial charge on any atom is 0.0236 e. The van der Waals surface area contributed by atoms with E-state index in [1.807, 2.05) is 0 Å². The molecule has 0 aromatic heterocycles. The molecular weight excluding hydrogens is 244 g/mol. The summed E-state index contributed by atoms with van der Waals surface area (Å²) in [5.74, 6) is 0. The van der Waals surface area contributed by atoms with Crippen molar-refractivity contribution < 1.29 is 0 Å². The van der Waals surface area contributed by atoms with Crippen molar-refractivity contribution in [3.8, 4) is 0 Å². The maximum atomic E-state index is 2.49. The first-order chi connectivity index (χ1) is 9.55. The molecule has 0 fully saturated rings. The highest BCUT2D eigenvalue weighted by Gasteiger charge is 2.10. The van der Waals surface area contributed by atoms with E-state index in [0.29, 0.717) is 0 Å². The molecule has 20 heavy (non-hydrogen) atoms. The molecule has 0 amide bonds. The molecule has 0 radical (unpaired) electrons. The van der Waals surface area contributed by atoms with E-state index in [4.69, 9.17) is 0 Å². The molecule has 0 aliphatic carbocycles. The highest BCUT2D eigenvalue weighted by atomic mass is 15.1. The van der Waals surface area contributed by atoms with E-state index in [2.05, 4.69) is 63.5 Å². The molecule has 0 saturated heterocycles. The van der Waals surface area contributed by atoms with Crippen LogP contribution in [0.25, 0.3) is 0 Å². The van der Waals surface area contributed by atoms with Crippen molar-refractivity contribution in [3.05, 3.63) is 34.4 Å². The van der Waals surface area contributed by atoms with Gasteiger partial charge in [0.1, 0.15) is 0 Å². The van der Waals surface area contributed by atoms with E-state index in [0.717, 1.165) is 39.3 Å². The maximum absolute atomic E-state index is 2.49. The van der Waals surface area contributed by atoms with Crippen LogP contribution in [-0.2, 0) is 13.1 Å². The Morgan fingerprint density at radius 2 is 1.05 bits per heavy atom. The van der Waals surface area contributed by atoms with Crippen LogP contribution in [0.1, 0.15) is 49.9 Å². The first-order valence-electron chi connectivity index (χ1n) is 8.09. The zero-order valence-electron chi connectivity index (χ0n) is 14.3. The monoisotopic (exact) mass is 276 g/mol. The highest BCUT2D eigenvalue weighted by molar-refractivity contribution is 5.38. The smallest absolute Gasteiger partial charge is 0.0236 e. The van der Waals surface area contributed by atoms with Gasteiger partial charge in [0.25, 0.3) is 0 Å². The van der Waals surface area contributed by atoms with E-state index in [-0.39, 0.29) is 0 Å². The second-order valence-electron chi connectivity index (χ2n) is 5.63. The minimum Gasteiger partial charge on any atom is -0.300 e. The molecule has 2 heteroatoms. The molecule has 0 unspecified atom stereocenters. The molecular formula is C18H32N2. The molecule has 0 N–H and O–H groups in total. The summed E-state index contributed by atoms with van der Waals surface area (Å²) in [6, 6.07) is 4.72. The molecule has 0 aliphatic rings. The molecule has 1 aromatic rings. The third kappa shape index (κ3) is 4.60. The summed E-state index contributed by atoms with van der Waals surface area (Å²) in [5.41, 5.74) is 5.86. The van der Waals surface area contributed by atoms with Gasteiger partial charge < -0.3 is 0 Å². The largest absolute Gasteiger partial charge is 0.300 e. The Balaban J connectivity index is 2.99. The molecule has 0 saturated carbocycles. The predicted octanol–water partition coefficient (Wildman–Crippen LogP) is 3.99. The highest BCUT2D eigenvalue weighted by Crippen LogP contribution is 2.20. The molecule has 2 nitrogen and oxygen atoms in total. The average molecular weight is 276 g/mol. The van der Waals surface area contributed by atoms with Gasteiger partial charge in [0.15, 0.2) is 0 Å². The minimum atomic E-state index is 1.08. The molecule has 1 rings (SSSR count). The second kappa shape index (κ2) is 8.43. The van der Waals surface area contributed by atoms with Crippen molar-refractivity contribution in [2.45, 2.75) is 54.6 Å². The average Bonchev–Trinajstić information content (AvgIpc) is 2.46. The summed E-state index contributed by atoms with van der Waals surface area (Å²) in [6.07, 6.45) is 0. The van der Waals surface area contributed by atoms with Crippen molar-refractivity contribution in [2.24, 2.45) is 0 Å². The Labute approximate surface area is 125 Å². The number of rotatable bonds is 8. The van der Waals surface area contributed by atoms with Crippen molar-refractivity contribution in [1.82, 2.24) is 9.80 Å². The first-order valence-corrected chi connectivity index (χ1v) is 8.09. The van der Waals surface area contributed by atoms with E-state index in [1.54, 1.807) is 0 Å². The molecule has 0 spiro atoms. The summed E-state index contributed by atoms with van der Waals surface area (Å²) in [6.45, 7) is 20.1. The van der Waals surface area contributed by atoms with Crippen LogP contribution in [0.4, 0.5) is 0 Å². The molecule has 114 valence electrons. The van der Waals surface area contributed by atoms with Gasteiger partial charge in [0, 0.05) is 13.1 Å². The van der Waals surface area contributed by atoms with Gasteiger partial charge in [-0.1, -0.05) is 45.4 Å². The normalized spacial score (nSPS) is 11.6. The fraction of sp³-hybridized carbons (Fsp3) is 0.667. The van der Waals surface area contributed by atoms with Gasteiger partial charge in [0.2, 0.25) is 0 Å². The number of hydrogen-bond acceptors (Lipinski definition) is 2. The number of aryl methyl sites for hydroxylation is 1. The second-order valence-corrected chi connectivity index (χ2v) is 5.63. The molecule has 0 bridgehead atoms. The van der Waals surface area contributed by atoms with Crippen LogP contribution in [-0.4, -0.2) is 36.0 Å². The van der Waals surface area contributed by atoms with Gasteiger partial charge in [-0.25, -0.2) is 0 Å². The van der Waals surface area contributed by atoms with Gasteiger partial charge in [-0.3, -0.25) is 9.80 Å². The van der Waals surface area contributed by atoms with Crippen molar-refractivity contribution in [2.75, 3.05) is 26.2 Å². The summed E-state index contributed by atoms with van der Waals surface area (Å²) in [7, 11) is 0. The molecule has 0 aliphatic heterocycles. The lowest BCUT2D eigenvalue weighted by atomic mass is 9.98. The van der Waals surface area contributed by atoms with Gasteiger partial charge in [-0.15, -0.1) is 0 Å². The first kappa shape index (κ1) is 17.2. The Kier molecular flexibility index (Phi) is 7.25. The lowest BCUT2D eigenvalue weighted by molar-refractivity contribution is 0.290. The quantitative estimate of drug-likeness (QED) is 0.708. The van der Waals surface area contributed by atoms with Gasteiger partial charge >= 0.3 is 0 Å². The van der Waals surface area contributed by atoms with Gasteiger partial charge in [-0.2, -0.15) is 0 Å². The van der Waals surface area contributed by atoms with E-state index in [9.17, 15) is 0 Å². The van der Waals surface area contributed by atoms with E-state index in [1.165, 1.54) is 22.3 Å². The van der Waals surface area contributed by atoms with Crippen LogP contribution in [0.3, 0.4) is 0 Å². The Bertz CT molecular complexity index is 369. The Morgan fingerprint density at radius 3 is 1.35 bits per heavy atom. The summed E-state index contributed by atoms with van der Waals surface area (Å²) in [4.78, 5) is 4.98. The van der Waals surface area contributed by atoms with Crippen molar-refractivity contribution in [3.63, 3.8) is 0 Å². The SMILES string of the molecule is CCN(CC)Cc1cc(C)cc(CN(CC)CC)c1C. The third-order valence-corrected chi connectivity index (χ3v) is 4.34. The molecule has 0 atom stereocenters. The Hall–Kier alpha value is -0.860. The Morgan fingerprint density at radius 1 is 0.700 bits per heavy atom. The van der Waals surface area contributed by atoms with Crippen molar-refractivity contribution in [1.29, 1.82) is 0 Å². The van der Waals surface area contributed by atoms with Crippen LogP contribution in [0.15, 0.2) is 12.1 Å². The zero-order valence-corrected chi connectivity index (χ0v) is 14.3. The predicted molar refractivity (Wildman–Crippen MR) is 89.2 cm³/mol.